The quantitative estimate of drug-likeness (QED) is 0.264. The van der Waals surface area contributed by atoms with Crippen LogP contribution in [0.3, 0.4) is 0 Å². The third-order valence-corrected chi connectivity index (χ3v) is 6.55. The number of methoxy groups -OCH3 is 3. The van der Waals surface area contributed by atoms with E-state index in [9.17, 15) is 36.8 Å². The Morgan fingerprint density at radius 2 is 1.55 bits per heavy atom. The fraction of sp³-hybridized carbons (Fsp3) is 0.167. The van der Waals surface area contributed by atoms with Gasteiger partial charge >= 0.3 is 18.1 Å². The molecule has 0 amide bonds. The van der Waals surface area contributed by atoms with Crippen LogP contribution in [0.25, 0.3) is 0 Å². The minimum atomic E-state index is -5.05. The van der Waals surface area contributed by atoms with Gasteiger partial charge in [-0.25, -0.2) is 18.4 Å². The van der Waals surface area contributed by atoms with Crippen LogP contribution in [0.1, 0.15) is 17.0 Å². The first-order valence-electron chi connectivity index (χ1n) is 12.5. The maximum Gasteiger partial charge on any atom is 0.416 e. The summed E-state index contributed by atoms with van der Waals surface area (Å²) in [6, 6.07) is 13.7. The number of benzene rings is 3. The van der Waals surface area contributed by atoms with Crippen LogP contribution < -0.4 is 20.1 Å². The lowest BCUT2D eigenvalue weighted by molar-refractivity contribution is -0.139. The van der Waals surface area contributed by atoms with Gasteiger partial charge < -0.3 is 24.7 Å². The third-order valence-electron chi connectivity index (χ3n) is 6.55. The van der Waals surface area contributed by atoms with Crippen LogP contribution in [-0.4, -0.2) is 33.3 Å². The van der Waals surface area contributed by atoms with Gasteiger partial charge in [0.25, 0.3) is 0 Å². The summed E-state index contributed by atoms with van der Waals surface area (Å²) < 4.78 is 89.6. The van der Waals surface area contributed by atoms with Gasteiger partial charge in [-0.15, -0.1) is 0 Å². The van der Waals surface area contributed by atoms with E-state index < -0.39 is 64.2 Å². The molecule has 0 radical (unpaired) electrons. The van der Waals surface area contributed by atoms with Crippen molar-refractivity contribution in [3.05, 3.63) is 106 Å². The molecule has 9 nitrogen and oxygen atoms in total. The van der Waals surface area contributed by atoms with E-state index in [1.807, 2.05) is 6.07 Å². The van der Waals surface area contributed by atoms with Crippen molar-refractivity contribution in [2.75, 3.05) is 26.2 Å². The molecule has 0 saturated carbocycles. The molecule has 4 rings (SSSR count). The number of anilines is 1. The number of carbonyl (C=O) groups is 2. The Balaban J connectivity index is 2.04. The molecule has 0 aromatic heterocycles. The molecule has 1 heterocycles. The van der Waals surface area contributed by atoms with E-state index >= 15 is 0 Å². The molecule has 44 heavy (non-hydrogen) atoms. The zero-order valence-corrected chi connectivity index (χ0v) is 23.2. The molecule has 1 unspecified atom stereocenters. The second kappa shape index (κ2) is 12.3. The minimum Gasteiger partial charge on any atom is -0.497 e. The van der Waals surface area contributed by atoms with Crippen LogP contribution in [0.15, 0.2) is 83.3 Å². The molecule has 0 saturated heterocycles. The van der Waals surface area contributed by atoms with Crippen LogP contribution in [0.4, 0.5) is 27.6 Å². The second-order valence-electron chi connectivity index (χ2n) is 9.04. The van der Waals surface area contributed by atoms with Gasteiger partial charge in [0, 0.05) is 6.07 Å². The zero-order valence-electron chi connectivity index (χ0n) is 23.2. The summed E-state index contributed by atoms with van der Waals surface area (Å²) >= 11 is 0. The SMILES string of the molecule is COC(=O)C1=C(C(=O)OC)N(c2cc(OC)ccc2Oc2c(F)cc(C(F)(F)F)cc2F)C(N)=C(C#N)C1c1ccccc1. The Morgan fingerprint density at radius 3 is 2.07 bits per heavy atom. The van der Waals surface area contributed by atoms with Crippen molar-refractivity contribution >= 4 is 17.6 Å². The van der Waals surface area contributed by atoms with Crippen LogP contribution in [0.5, 0.6) is 17.2 Å². The van der Waals surface area contributed by atoms with Crippen LogP contribution >= 0.6 is 0 Å². The molecular formula is C30H22F5N3O6. The number of nitrogens with zero attached hydrogens (tertiary/aromatic N) is 2. The van der Waals surface area contributed by atoms with Gasteiger partial charge in [-0.2, -0.15) is 18.4 Å². The Hall–Kier alpha value is -5.58. The van der Waals surface area contributed by atoms with Crippen molar-refractivity contribution in [2.24, 2.45) is 5.73 Å². The van der Waals surface area contributed by atoms with Crippen molar-refractivity contribution in [2.45, 2.75) is 12.1 Å². The van der Waals surface area contributed by atoms with Crippen LogP contribution in [0, 0.1) is 23.0 Å². The Morgan fingerprint density at radius 1 is 0.932 bits per heavy atom. The topological polar surface area (TPSA) is 124 Å². The van der Waals surface area contributed by atoms with E-state index in [-0.39, 0.29) is 34.7 Å². The van der Waals surface area contributed by atoms with Crippen LogP contribution in [-0.2, 0) is 25.2 Å². The predicted molar refractivity (Wildman–Crippen MR) is 144 cm³/mol. The minimum absolute atomic E-state index is 0.0458. The molecule has 1 aliphatic rings. The molecule has 3 aromatic carbocycles. The molecule has 0 fully saturated rings. The number of esters is 2. The highest BCUT2D eigenvalue weighted by molar-refractivity contribution is 6.06. The summed E-state index contributed by atoms with van der Waals surface area (Å²) in [6.45, 7) is 0. The lowest BCUT2D eigenvalue weighted by Gasteiger charge is -2.36. The molecule has 1 atom stereocenters. The Labute approximate surface area is 247 Å². The Bertz CT molecular complexity index is 1710. The average Bonchev–Trinajstić information content (AvgIpc) is 3.01. The standard InChI is InChI=1S/C30H22F5N3O6/c1-41-17-9-10-22(44-26-19(31)11-16(12-20(26)32)30(33,34)35)21(13-17)38-25(29(40)43-3)24(28(39)42-2)23(18(14-36)27(38)37)15-7-5-4-6-8-15/h4-13,23H,37H2,1-3H3. The van der Waals surface area contributed by atoms with Gasteiger partial charge in [-0.3, -0.25) is 4.90 Å². The number of ether oxygens (including phenoxy) is 4. The number of hydrogen-bond donors (Lipinski definition) is 1. The van der Waals surface area contributed by atoms with E-state index in [1.54, 1.807) is 30.3 Å². The molecule has 0 aliphatic carbocycles. The average molecular weight is 616 g/mol. The van der Waals surface area contributed by atoms with Crippen molar-refractivity contribution in [1.29, 1.82) is 5.26 Å². The third kappa shape index (κ3) is 5.71. The molecule has 14 heteroatoms. The van der Waals surface area contributed by atoms with E-state index in [4.69, 9.17) is 24.7 Å². The number of nitriles is 1. The number of allylic oxidation sites excluding steroid dienone is 1. The second-order valence-corrected chi connectivity index (χ2v) is 9.04. The lowest BCUT2D eigenvalue weighted by atomic mass is 9.81. The lowest BCUT2D eigenvalue weighted by Crippen LogP contribution is -2.41. The first-order chi connectivity index (χ1) is 20.9. The fourth-order valence-electron chi connectivity index (χ4n) is 4.58. The van der Waals surface area contributed by atoms with Crippen LogP contribution in [0.2, 0.25) is 0 Å². The normalized spacial score (nSPS) is 15.1. The number of rotatable bonds is 7. The highest BCUT2D eigenvalue weighted by atomic mass is 19.4. The van der Waals surface area contributed by atoms with Gasteiger partial charge in [0.1, 0.15) is 17.3 Å². The summed E-state index contributed by atoms with van der Waals surface area (Å²) in [5.74, 6) is -8.80. The zero-order chi connectivity index (χ0) is 32.3. The van der Waals surface area contributed by atoms with E-state index in [2.05, 4.69) is 0 Å². The van der Waals surface area contributed by atoms with Gasteiger partial charge in [-0.1, -0.05) is 30.3 Å². The number of nitrogens with two attached hydrogens (primary N) is 1. The maximum atomic E-state index is 14.8. The van der Waals surface area contributed by atoms with Gasteiger partial charge in [-0.05, 0) is 29.8 Å². The highest BCUT2D eigenvalue weighted by Gasteiger charge is 2.44. The first-order valence-corrected chi connectivity index (χ1v) is 12.5. The number of carbonyl (C=O) groups excluding carboxylic acids is 2. The predicted octanol–water partition coefficient (Wildman–Crippen LogP) is 5.68. The number of halogens is 5. The van der Waals surface area contributed by atoms with Gasteiger partial charge in [0.15, 0.2) is 23.1 Å². The van der Waals surface area contributed by atoms with Gasteiger partial charge in [0.05, 0.1) is 55.7 Å². The summed E-state index contributed by atoms with van der Waals surface area (Å²) in [5, 5.41) is 10.2. The number of hydrogen-bond acceptors (Lipinski definition) is 9. The molecule has 1 aliphatic heterocycles. The summed E-state index contributed by atoms with van der Waals surface area (Å²) in [7, 11) is 3.32. The van der Waals surface area contributed by atoms with E-state index in [0.717, 1.165) is 25.2 Å². The van der Waals surface area contributed by atoms with E-state index in [0.29, 0.717) is 5.56 Å². The molecule has 0 bridgehead atoms. The first kappa shape index (κ1) is 31.4. The fourth-order valence-corrected chi connectivity index (χ4v) is 4.58. The monoisotopic (exact) mass is 615 g/mol. The molecule has 0 spiro atoms. The number of alkyl halides is 3. The molecule has 228 valence electrons. The van der Waals surface area contributed by atoms with E-state index in [1.165, 1.54) is 19.2 Å². The highest BCUT2D eigenvalue weighted by Crippen LogP contribution is 2.47. The van der Waals surface area contributed by atoms with Gasteiger partial charge in [0.2, 0.25) is 0 Å². The largest absolute Gasteiger partial charge is 0.497 e. The summed E-state index contributed by atoms with van der Waals surface area (Å²) in [4.78, 5) is 27.5. The van der Waals surface area contributed by atoms with Crippen molar-refractivity contribution in [3.8, 4) is 23.3 Å². The van der Waals surface area contributed by atoms with Crippen molar-refractivity contribution in [1.82, 2.24) is 0 Å². The summed E-state index contributed by atoms with van der Waals surface area (Å²) in [5.41, 5.74) is 3.81. The summed E-state index contributed by atoms with van der Waals surface area (Å²) in [6.07, 6.45) is -5.05. The maximum absolute atomic E-state index is 14.8. The van der Waals surface area contributed by atoms with Crippen molar-refractivity contribution in [3.63, 3.8) is 0 Å². The Kier molecular flexibility index (Phi) is 8.79. The molecular weight excluding hydrogens is 593 g/mol. The smallest absolute Gasteiger partial charge is 0.416 e. The molecule has 2 N–H and O–H groups in total. The van der Waals surface area contributed by atoms with Crippen molar-refractivity contribution < 1.29 is 50.5 Å². The molecule has 3 aromatic rings.